The van der Waals surface area contributed by atoms with Gasteiger partial charge in [0.25, 0.3) is 0 Å². The van der Waals surface area contributed by atoms with Crippen LogP contribution in [0.2, 0.25) is 0 Å². The lowest BCUT2D eigenvalue weighted by Crippen LogP contribution is -2.16. The van der Waals surface area contributed by atoms with Crippen molar-refractivity contribution in [3.63, 3.8) is 0 Å². The third-order valence-corrected chi connectivity index (χ3v) is 4.58. The molecule has 0 spiro atoms. The minimum absolute atomic E-state index is 0.143. The molecule has 1 N–H and O–H groups in total. The van der Waals surface area contributed by atoms with Crippen molar-refractivity contribution in [1.82, 2.24) is 5.32 Å². The van der Waals surface area contributed by atoms with Crippen molar-refractivity contribution in [1.29, 1.82) is 0 Å². The number of halogens is 1. The van der Waals surface area contributed by atoms with E-state index in [1.807, 2.05) is 30.3 Å². The third kappa shape index (κ3) is 3.77. The molecule has 0 aliphatic heterocycles. The van der Waals surface area contributed by atoms with Crippen molar-refractivity contribution >= 4 is 11.8 Å². The first-order valence-corrected chi connectivity index (χ1v) is 7.90. The number of nitrogens with one attached hydrogen (secondary N) is 1. The molecular formula is C17H18FNOS. The molecule has 2 nitrogen and oxygen atoms in total. The maximum Gasteiger partial charge on any atom is 0.128 e. The molecule has 0 atom stereocenters. The Balaban J connectivity index is 1.81. The van der Waals surface area contributed by atoms with Crippen molar-refractivity contribution in [3.05, 3.63) is 53.8 Å². The zero-order chi connectivity index (χ0) is 14.7. The predicted octanol–water partition coefficient (Wildman–Crippen LogP) is 4.24. The third-order valence-electron chi connectivity index (χ3n) is 3.49. The van der Waals surface area contributed by atoms with E-state index in [-0.39, 0.29) is 5.82 Å². The summed E-state index contributed by atoms with van der Waals surface area (Å²) in [6.45, 7) is 0.587. The highest BCUT2D eigenvalue weighted by molar-refractivity contribution is 7.99. The Kier molecular flexibility index (Phi) is 4.46. The number of ether oxygens (including phenoxy) is 1. The van der Waals surface area contributed by atoms with Gasteiger partial charge >= 0.3 is 0 Å². The number of hydrogen-bond donors (Lipinski definition) is 1. The van der Waals surface area contributed by atoms with E-state index >= 15 is 0 Å². The molecule has 1 aliphatic carbocycles. The van der Waals surface area contributed by atoms with Gasteiger partial charge in [-0.3, -0.25) is 0 Å². The quantitative estimate of drug-likeness (QED) is 0.862. The van der Waals surface area contributed by atoms with Crippen LogP contribution in [0.4, 0.5) is 4.39 Å². The summed E-state index contributed by atoms with van der Waals surface area (Å²) in [7, 11) is 1.65. The summed E-state index contributed by atoms with van der Waals surface area (Å²) in [4.78, 5) is 2.00. The summed E-state index contributed by atoms with van der Waals surface area (Å²) in [6.07, 6.45) is 2.40. The maximum absolute atomic E-state index is 14.1. The summed E-state index contributed by atoms with van der Waals surface area (Å²) in [5.41, 5.74) is 0.747. The van der Waals surface area contributed by atoms with E-state index in [0.29, 0.717) is 12.6 Å². The van der Waals surface area contributed by atoms with E-state index in [1.165, 1.54) is 18.9 Å². The molecule has 0 radical (unpaired) electrons. The lowest BCUT2D eigenvalue weighted by atomic mass is 10.2. The minimum atomic E-state index is -0.143. The molecule has 1 aliphatic rings. The van der Waals surface area contributed by atoms with Gasteiger partial charge in [0.2, 0.25) is 0 Å². The average molecular weight is 303 g/mol. The Morgan fingerprint density at radius 3 is 2.81 bits per heavy atom. The highest BCUT2D eigenvalue weighted by Gasteiger charge is 2.21. The lowest BCUT2D eigenvalue weighted by molar-refractivity contribution is 0.413. The predicted molar refractivity (Wildman–Crippen MR) is 83.4 cm³/mol. The van der Waals surface area contributed by atoms with Crippen LogP contribution < -0.4 is 10.1 Å². The maximum atomic E-state index is 14.1. The first-order valence-electron chi connectivity index (χ1n) is 7.09. The second-order valence-electron chi connectivity index (χ2n) is 5.15. The van der Waals surface area contributed by atoms with Crippen LogP contribution >= 0.6 is 11.8 Å². The normalized spacial score (nSPS) is 14.2. The van der Waals surface area contributed by atoms with E-state index in [4.69, 9.17) is 4.74 Å². The van der Waals surface area contributed by atoms with Crippen LogP contribution in [0.3, 0.4) is 0 Å². The fraction of sp³-hybridized carbons (Fsp3) is 0.294. The van der Waals surface area contributed by atoms with Gasteiger partial charge in [0, 0.05) is 27.9 Å². The Labute approximate surface area is 128 Å². The highest BCUT2D eigenvalue weighted by Crippen LogP contribution is 2.33. The molecule has 0 bridgehead atoms. The number of rotatable bonds is 6. The average Bonchev–Trinajstić information content (AvgIpc) is 3.31. The van der Waals surface area contributed by atoms with Gasteiger partial charge in [-0.1, -0.05) is 23.9 Å². The Morgan fingerprint density at radius 1 is 1.24 bits per heavy atom. The minimum Gasteiger partial charge on any atom is -0.497 e. The van der Waals surface area contributed by atoms with Gasteiger partial charge < -0.3 is 10.1 Å². The number of methoxy groups -OCH3 is 1. The SMILES string of the molecule is COc1cccc(Sc2cccc(F)c2CNC2CC2)c1. The van der Waals surface area contributed by atoms with Gasteiger partial charge in [0.05, 0.1) is 7.11 Å². The zero-order valence-corrected chi connectivity index (χ0v) is 12.8. The number of hydrogen-bond acceptors (Lipinski definition) is 3. The zero-order valence-electron chi connectivity index (χ0n) is 11.9. The molecule has 0 heterocycles. The molecule has 0 aromatic heterocycles. The van der Waals surface area contributed by atoms with Crippen LogP contribution in [0.25, 0.3) is 0 Å². The summed E-state index contributed by atoms with van der Waals surface area (Å²) < 4.78 is 19.3. The van der Waals surface area contributed by atoms with Crippen LogP contribution in [0.15, 0.2) is 52.3 Å². The summed E-state index contributed by atoms with van der Waals surface area (Å²) in [5, 5.41) is 3.38. The summed E-state index contributed by atoms with van der Waals surface area (Å²) >= 11 is 1.57. The second kappa shape index (κ2) is 6.50. The van der Waals surface area contributed by atoms with E-state index in [2.05, 4.69) is 5.32 Å². The first kappa shape index (κ1) is 14.4. The monoisotopic (exact) mass is 303 g/mol. The van der Waals surface area contributed by atoms with Crippen molar-refractivity contribution < 1.29 is 9.13 Å². The van der Waals surface area contributed by atoms with Crippen LogP contribution in [-0.2, 0) is 6.54 Å². The molecule has 1 saturated carbocycles. The Hall–Kier alpha value is -1.52. The Bertz CT molecular complexity index is 628. The van der Waals surface area contributed by atoms with Crippen LogP contribution in [0.1, 0.15) is 18.4 Å². The molecule has 2 aromatic carbocycles. The second-order valence-corrected chi connectivity index (χ2v) is 6.27. The van der Waals surface area contributed by atoms with E-state index < -0.39 is 0 Å². The molecule has 3 rings (SSSR count). The lowest BCUT2D eigenvalue weighted by Gasteiger charge is -2.11. The fourth-order valence-corrected chi connectivity index (χ4v) is 3.15. The molecule has 0 unspecified atom stereocenters. The summed E-state index contributed by atoms with van der Waals surface area (Å²) in [5.74, 6) is 0.671. The molecule has 4 heteroatoms. The molecule has 110 valence electrons. The standard InChI is InChI=1S/C17H18FNOS/c1-20-13-4-2-5-14(10-13)21-17-7-3-6-16(18)15(17)11-19-12-8-9-12/h2-7,10,12,19H,8-9,11H2,1H3. The van der Waals surface area contributed by atoms with Gasteiger partial charge in [0.1, 0.15) is 11.6 Å². The van der Waals surface area contributed by atoms with Crippen molar-refractivity contribution in [2.75, 3.05) is 7.11 Å². The largest absolute Gasteiger partial charge is 0.497 e. The molecule has 0 amide bonds. The van der Waals surface area contributed by atoms with Crippen molar-refractivity contribution in [2.24, 2.45) is 0 Å². The molecule has 0 saturated heterocycles. The topological polar surface area (TPSA) is 21.3 Å². The van der Waals surface area contributed by atoms with E-state index in [1.54, 1.807) is 24.9 Å². The molecule has 2 aromatic rings. The van der Waals surface area contributed by atoms with Gasteiger partial charge in [-0.25, -0.2) is 4.39 Å². The van der Waals surface area contributed by atoms with Crippen molar-refractivity contribution in [3.8, 4) is 5.75 Å². The fourth-order valence-electron chi connectivity index (χ4n) is 2.13. The highest BCUT2D eigenvalue weighted by atomic mass is 32.2. The van der Waals surface area contributed by atoms with Crippen LogP contribution in [-0.4, -0.2) is 13.2 Å². The van der Waals surface area contributed by atoms with Crippen LogP contribution in [0.5, 0.6) is 5.75 Å². The van der Waals surface area contributed by atoms with Crippen molar-refractivity contribution in [2.45, 2.75) is 35.2 Å². The molecule has 21 heavy (non-hydrogen) atoms. The molecule has 1 fully saturated rings. The smallest absolute Gasteiger partial charge is 0.128 e. The summed E-state index contributed by atoms with van der Waals surface area (Å²) in [6, 6.07) is 13.7. The van der Waals surface area contributed by atoms with Gasteiger partial charge in [-0.15, -0.1) is 0 Å². The Morgan fingerprint density at radius 2 is 2.05 bits per heavy atom. The molecular weight excluding hydrogens is 285 g/mol. The first-order chi connectivity index (χ1) is 10.3. The van der Waals surface area contributed by atoms with Gasteiger partial charge in [-0.2, -0.15) is 0 Å². The van der Waals surface area contributed by atoms with Gasteiger partial charge in [0.15, 0.2) is 0 Å². The van der Waals surface area contributed by atoms with Crippen LogP contribution in [0, 0.1) is 5.82 Å². The van der Waals surface area contributed by atoms with E-state index in [9.17, 15) is 4.39 Å². The van der Waals surface area contributed by atoms with Gasteiger partial charge in [-0.05, 0) is 43.2 Å². The van der Waals surface area contributed by atoms with E-state index in [0.717, 1.165) is 21.1 Å². The number of benzene rings is 2.